The van der Waals surface area contributed by atoms with Crippen molar-refractivity contribution in [3.05, 3.63) is 12.4 Å². The van der Waals surface area contributed by atoms with Crippen LogP contribution in [-0.4, -0.2) is 41.6 Å². The lowest BCUT2D eigenvalue weighted by Crippen LogP contribution is -2.31. The monoisotopic (exact) mass is 254 g/mol. The molecule has 1 aromatic heterocycles. The van der Waals surface area contributed by atoms with Crippen molar-refractivity contribution in [1.29, 1.82) is 0 Å². The van der Waals surface area contributed by atoms with E-state index in [9.17, 15) is 0 Å². The van der Waals surface area contributed by atoms with Gasteiger partial charge >= 0.3 is 0 Å². The van der Waals surface area contributed by atoms with Gasteiger partial charge in [0.1, 0.15) is 11.6 Å². The van der Waals surface area contributed by atoms with Gasteiger partial charge in [-0.15, -0.1) is 0 Å². The molecule has 96 valence electrons. The van der Waals surface area contributed by atoms with Gasteiger partial charge in [0.25, 0.3) is 0 Å². The van der Waals surface area contributed by atoms with Crippen molar-refractivity contribution in [3.8, 4) is 0 Å². The van der Waals surface area contributed by atoms with Gasteiger partial charge in [0.15, 0.2) is 0 Å². The number of rotatable bonds is 7. The molecule has 1 atom stereocenters. The Bertz CT molecular complexity index is 332. The fourth-order valence-corrected chi connectivity index (χ4v) is 2.15. The minimum atomic E-state index is 0.459. The Hall–Kier alpha value is -0.970. The third kappa shape index (κ3) is 4.42. The number of thioether (sulfide) groups is 1. The van der Waals surface area contributed by atoms with Crippen molar-refractivity contribution < 1.29 is 0 Å². The largest absolute Gasteiger partial charge is 0.369 e. The average Bonchev–Trinajstić information content (AvgIpc) is 2.36. The van der Waals surface area contributed by atoms with Crippen molar-refractivity contribution in [2.24, 2.45) is 0 Å². The van der Waals surface area contributed by atoms with Crippen LogP contribution >= 0.6 is 11.8 Å². The lowest BCUT2D eigenvalue weighted by Gasteiger charge is -2.25. The number of aromatic nitrogens is 2. The van der Waals surface area contributed by atoms with Crippen molar-refractivity contribution in [2.75, 3.05) is 35.8 Å². The van der Waals surface area contributed by atoms with Gasteiger partial charge in [-0.2, -0.15) is 11.8 Å². The second kappa shape index (κ2) is 7.37. The fourth-order valence-electron chi connectivity index (χ4n) is 1.44. The summed E-state index contributed by atoms with van der Waals surface area (Å²) in [6.45, 7) is 5.27. The molecule has 0 radical (unpaired) electrons. The summed E-state index contributed by atoms with van der Waals surface area (Å²) in [7, 11) is 2.06. The Morgan fingerprint density at radius 3 is 2.88 bits per heavy atom. The summed E-state index contributed by atoms with van der Waals surface area (Å²) in [4.78, 5) is 11.0. The van der Waals surface area contributed by atoms with E-state index in [1.807, 2.05) is 18.0 Å². The van der Waals surface area contributed by atoms with E-state index in [-0.39, 0.29) is 0 Å². The zero-order valence-corrected chi connectivity index (χ0v) is 11.9. The van der Waals surface area contributed by atoms with Gasteiger partial charge in [-0.05, 0) is 19.6 Å². The molecule has 0 amide bonds. The number of hydrogen-bond acceptors (Lipinski definition) is 5. The van der Waals surface area contributed by atoms with E-state index in [4.69, 9.17) is 0 Å². The summed E-state index contributed by atoms with van der Waals surface area (Å²) in [5.41, 5.74) is 0. The van der Waals surface area contributed by atoms with Crippen molar-refractivity contribution in [2.45, 2.75) is 26.3 Å². The van der Waals surface area contributed by atoms with Gasteiger partial charge in [-0.1, -0.05) is 6.92 Å². The van der Waals surface area contributed by atoms with E-state index in [1.165, 1.54) is 0 Å². The smallest absolute Gasteiger partial charge is 0.149 e. The first-order valence-electron chi connectivity index (χ1n) is 5.96. The van der Waals surface area contributed by atoms with Crippen molar-refractivity contribution in [3.63, 3.8) is 0 Å². The number of nitrogens with one attached hydrogen (secondary N) is 1. The highest BCUT2D eigenvalue weighted by molar-refractivity contribution is 7.98. The minimum Gasteiger partial charge on any atom is -0.369 e. The Kier molecular flexibility index (Phi) is 6.11. The fraction of sp³-hybridized carbons (Fsp3) is 0.667. The van der Waals surface area contributed by atoms with Crippen LogP contribution in [0.3, 0.4) is 0 Å². The topological polar surface area (TPSA) is 41.1 Å². The highest BCUT2D eigenvalue weighted by Gasteiger charge is 2.11. The van der Waals surface area contributed by atoms with Crippen LogP contribution < -0.4 is 10.2 Å². The first-order valence-corrected chi connectivity index (χ1v) is 7.36. The highest BCUT2D eigenvalue weighted by Crippen LogP contribution is 2.15. The maximum absolute atomic E-state index is 4.56. The Balaban J connectivity index is 2.69. The maximum atomic E-state index is 4.56. The van der Waals surface area contributed by atoms with E-state index in [1.54, 1.807) is 6.20 Å². The van der Waals surface area contributed by atoms with Crippen LogP contribution in [0.5, 0.6) is 0 Å². The van der Waals surface area contributed by atoms with Crippen molar-refractivity contribution >= 4 is 23.4 Å². The molecule has 1 aromatic rings. The molecule has 1 heterocycles. The van der Waals surface area contributed by atoms with Crippen LogP contribution in [0.2, 0.25) is 0 Å². The summed E-state index contributed by atoms with van der Waals surface area (Å²) in [6.07, 6.45) is 6.79. The Morgan fingerprint density at radius 2 is 2.24 bits per heavy atom. The molecule has 0 saturated carbocycles. The lowest BCUT2D eigenvalue weighted by atomic mass is 10.3. The molecule has 5 heteroatoms. The predicted molar refractivity (Wildman–Crippen MR) is 77.1 cm³/mol. The summed E-state index contributed by atoms with van der Waals surface area (Å²) >= 11 is 1.85. The zero-order chi connectivity index (χ0) is 12.7. The standard InChI is InChI=1S/C12H22N4S/c1-5-6-14-11-7-13-8-12(15-11)16(3)10(2)9-17-4/h7-8,10H,5-6,9H2,1-4H3,(H,14,15). The molecule has 0 spiro atoms. The summed E-state index contributed by atoms with van der Waals surface area (Å²) in [5.74, 6) is 2.87. The van der Waals surface area contributed by atoms with Gasteiger partial charge in [-0.3, -0.25) is 4.98 Å². The molecule has 17 heavy (non-hydrogen) atoms. The van der Waals surface area contributed by atoms with Crippen LogP contribution in [0.15, 0.2) is 12.4 Å². The molecule has 0 saturated heterocycles. The van der Waals surface area contributed by atoms with E-state index in [2.05, 4.69) is 47.3 Å². The third-order valence-electron chi connectivity index (χ3n) is 2.61. The molecule has 0 fully saturated rings. The summed E-state index contributed by atoms with van der Waals surface area (Å²) in [5, 5.41) is 3.26. The zero-order valence-electron chi connectivity index (χ0n) is 11.1. The van der Waals surface area contributed by atoms with E-state index in [0.717, 1.165) is 30.4 Å². The van der Waals surface area contributed by atoms with Gasteiger partial charge < -0.3 is 10.2 Å². The first-order chi connectivity index (χ1) is 8.19. The SMILES string of the molecule is CCCNc1cncc(N(C)C(C)CSC)n1. The molecule has 1 unspecified atom stereocenters. The predicted octanol–water partition coefficient (Wildman–Crippen LogP) is 2.49. The van der Waals surface area contributed by atoms with Crippen LogP contribution in [0.4, 0.5) is 11.6 Å². The van der Waals surface area contributed by atoms with Gasteiger partial charge in [-0.25, -0.2) is 4.98 Å². The maximum Gasteiger partial charge on any atom is 0.149 e. The van der Waals surface area contributed by atoms with Gasteiger partial charge in [0, 0.05) is 25.4 Å². The molecule has 0 aliphatic heterocycles. The van der Waals surface area contributed by atoms with E-state index in [0.29, 0.717) is 6.04 Å². The van der Waals surface area contributed by atoms with Crippen LogP contribution in [0, 0.1) is 0 Å². The second-order valence-electron chi connectivity index (χ2n) is 4.10. The molecule has 1 rings (SSSR count). The summed E-state index contributed by atoms with van der Waals surface area (Å²) < 4.78 is 0. The molecule has 1 N–H and O–H groups in total. The van der Waals surface area contributed by atoms with Crippen LogP contribution in [-0.2, 0) is 0 Å². The second-order valence-corrected chi connectivity index (χ2v) is 5.02. The molecule has 0 aliphatic carbocycles. The quantitative estimate of drug-likeness (QED) is 0.809. The normalized spacial score (nSPS) is 12.2. The van der Waals surface area contributed by atoms with Gasteiger partial charge in [0.05, 0.1) is 12.4 Å². The Morgan fingerprint density at radius 1 is 1.47 bits per heavy atom. The van der Waals surface area contributed by atoms with Crippen molar-refractivity contribution in [1.82, 2.24) is 9.97 Å². The van der Waals surface area contributed by atoms with E-state index < -0.39 is 0 Å². The molecule has 4 nitrogen and oxygen atoms in total. The average molecular weight is 254 g/mol. The number of anilines is 2. The highest BCUT2D eigenvalue weighted by atomic mass is 32.2. The molecule has 0 aromatic carbocycles. The molecule has 0 bridgehead atoms. The number of nitrogens with zero attached hydrogens (tertiary/aromatic N) is 3. The number of hydrogen-bond donors (Lipinski definition) is 1. The van der Waals surface area contributed by atoms with Crippen LogP contribution in [0.25, 0.3) is 0 Å². The lowest BCUT2D eigenvalue weighted by molar-refractivity contribution is 0.751. The Labute approximate surface area is 108 Å². The minimum absolute atomic E-state index is 0.459. The molecule has 0 aliphatic rings. The first kappa shape index (κ1) is 14.1. The molecular weight excluding hydrogens is 232 g/mol. The third-order valence-corrected chi connectivity index (χ3v) is 3.42. The summed E-state index contributed by atoms with van der Waals surface area (Å²) in [6, 6.07) is 0.459. The van der Waals surface area contributed by atoms with Crippen LogP contribution in [0.1, 0.15) is 20.3 Å². The van der Waals surface area contributed by atoms with Gasteiger partial charge in [0.2, 0.25) is 0 Å². The molecular formula is C12H22N4S. The van der Waals surface area contributed by atoms with E-state index >= 15 is 0 Å².